The van der Waals surface area contributed by atoms with Gasteiger partial charge in [0, 0.05) is 6.07 Å². The maximum Gasteiger partial charge on any atom is 0.259 e. The Morgan fingerprint density at radius 3 is 2.56 bits per heavy atom. The second-order valence-corrected chi connectivity index (χ2v) is 3.60. The van der Waals surface area contributed by atoms with Crippen LogP contribution in [0.2, 0.25) is 0 Å². The van der Waals surface area contributed by atoms with Crippen LogP contribution in [0.4, 0.5) is 14.5 Å². The van der Waals surface area contributed by atoms with E-state index in [1.165, 1.54) is 12.1 Å². The van der Waals surface area contributed by atoms with E-state index in [-0.39, 0.29) is 17.0 Å². The molecular weight excluding hydrogens is 240 g/mol. The molecule has 3 nitrogen and oxygen atoms in total. The van der Waals surface area contributed by atoms with Gasteiger partial charge in [-0.15, -0.1) is 0 Å². The highest BCUT2D eigenvalue weighted by molar-refractivity contribution is 6.06. The monoisotopic (exact) mass is 249 g/mol. The fourth-order valence-electron chi connectivity index (χ4n) is 1.45. The summed E-state index contributed by atoms with van der Waals surface area (Å²) in [4.78, 5) is 11.7. The topological polar surface area (TPSA) is 49.3 Å². The number of hydrogen-bond donors (Lipinski definition) is 2. The maximum absolute atomic E-state index is 13.3. The van der Waals surface area contributed by atoms with Crippen LogP contribution in [0.3, 0.4) is 0 Å². The van der Waals surface area contributed by atoms with E-state index in [0.29, 0.717) is 0 Å². The molecule has 0 radical (unpaired) electrons. The highest BCUT2D eigenvalue weighted by atomic mass is 19.1. The number of halogens is 2. The predicted octanol–water partition coefficient (Wildman–Crippen LogP) is 2.92. The molecule has 18 heavy (non-hydrogen) atoms. The Kier molecular flexibility index (Phi) is 3.23. The van der Waals surface area contributed by atoms with Gasteiger partial charge in [0.15, 0.2) is 0 Å². The number of nitrogens with one attached hydrogen (secondary N) is 1. The third-order valence-electron chi connectivity index (χ3n) is 2.33. The van der Waals surface area contributed by atoms with Gasteiger partial charge in [-0.1, -0.05) is 12.1 Å². The highest BCUT2D eigenvalue weighted by Crippen LogP contribution is 2.20. The summed E-state index contributed by atoms with van der Waals surface area (Å²) in [6.07, 6.45) is 0. The molecule has 5 heteroatoms. The first kappa shape index (κ1) is 12.0. The Hall–Kier alpha value is -2.43. The largest absolute Gasteiger partial charge is 0.507 e. The maximum atomic E-state index is 13.3. The standard InChI is InChI=1S/C13H9F2NO2/c14-8-5-6-10(15)11(7-8)16-13(18)9-3-1-2-4-12(9)17/h1-7,17H,(H,16,18). The predicted molar refractivity (Wildman–Crippen MR) is 62.4 cm³/mol. The van der Waals surface area contributed by atoms with E-state index in [2.05, 4.69) is 5.32 Å². The number of phenols is 1. The highest BCUT2D eigenvalue weighted by Gasteiger charge is 2.13. The second-order valence-electron chi connectivity index (χ2n) is 3.60. The van der Waals surface area contributed by atoms with Crippen molar-refractivity contribution in [3.63, 3.8) is 0 Å². The molecule has 0 atom stereocenters. The summed E-state index contributed by atoms with van der Waals surface area (Å²) in [7, 11) is 0. The van der Waals surface area contributed by atoms with Gasteiger partial charge in [0.25, 0.3) is 5.91 Å². The third kappa shape index (κ3) is 2.45. The zero-order valence-electron chi connectivity index (χ0n) is 9.15. The molecule has 92 valence electrons. The number of phenolic OH excluding ortho intramolecular Hbond substituents is 1. The molecule has 0 aliphatic carbocycles. The van der Waals surface area contributed by atoms with E-state index in [4.69, 9.17) is 0 Å². The summed E-state index contributed by atoms with van der Waals surface area (Å²) in [6, 6.07) is 8.54. The Morgan fingerprint density at radius 2 is 1.83 bits per heavy atom. The minimum absolute atomic E-state index is 0.0128. The number of carbonyl (C=O) groups is 1. The minimum atomic E-state index is -0.750. The molecule has 0 spiro atoms. The van der Waals surface area contributed by atoms with Crippen LogP contribution in [0.25, 0.3) is 0 Å². The van der Waals surface area contributed by atoms with Gasteiger partial charge in [0.05, 0.1) is 11.3 Å². The molecule has 0 unspecified atom stereocenters. The first-order valence-corrected chi connectivity index (χ1v) is 5.12. The third-order valence-corrected chi connectivity index (χ3v) is 2.33. The SMILES string of the molecule is O=C(Nc1cc(F)ccc1F)c1ccccc1O. The lowest BCUT2D eigenvalue weighted by Crippen LogP contribution is -2.13. The van der Waals surface area contributed by atoms with Gasteiger partial charge < -0.3 is 10.4 Å². The molecule has 0 fully saturated rings. The lowest BCUT2D eigenvalue weighted by molar-refractivity contribution is 0.102. The molecular formula is C13H9F2NO2. The van der Waals surface area contributed by atoms with Crippen molar-refractivity contribution in [2.24, 2.45) is 0 Å². The van der Waals surface area contributed by atoms with Crippen molar-refractivity contribution in [2.75, 3.05) is 5.32 Å². The average Bonchev–Trinajstić information content (AvgIpc) is 2.34. The summed E-state index contributed by atoms with van der Waals surface area (Å²) in [5.74, 6) is -2.35. The fraction of sp³-hybridized carbons (Fsp3) is 0. The van der Waals surface area contributed by atoms with Crippen LogP contribution in [0.15, 0.2) is 42.5 Å². The van der Waals surface area contributed by atoms with Gasteiger partial charge in [-0.05, 0) is 24.3 Å². The quantitative estimate of drug-likeness (QED) is 0.859. The summed E-state index contributed by atoms with van der Waals surface area (Å²) >= 11 is 0. The lowest BCUT2D eigenvalue weighted by atomic mass is 10.2. The van der Waals surface area contributed by atoms with Crippen LogP contribution < -0.4 is 5.32 Å². The van der Waals surface area contributed by atoms with Crippen LogP contribution in [0.5, 0.6) is 5.75 Å². The van der Waals surface area contributed by atoms with E-state index in [0.717, 1.165) is 18.2 Å². The Morgan fingerprint density at radius 1 is 1.11 bits per heavy atom. The van der Waals surface area contributed by atoms with Gasteiger partial charge in [0.1, 0.15) is 17.4 Å². The number of hydrogen-bond acceptors (Lipinski definition) is 2. The van der Waals surface area contributed by atoms with Gasteiger partial charge in [-0.2, -0.15) is 0 Å². The van der Waals surface area contributed by atoms with Crippen LogP contribution in [0, 0.1) is 11.6 Å². The molecule has 0 saturated heterocycles. The normalized spacial score (nSPS) is 10.1. The Labute approximate surface area is 102 Å². The molecule has 0 aliphatic rings. The molecule has 0 bridgehead atoms. The molecule has 2 aromatic rings. The van der Waals surface area contributed by atoms with E-state index in [9.17, 15) is 18.7 Å². The van der Waals surface area contributed by atoms with E-state index >= 15 is 0 Å². The molecule has 2 rings (SSSR count). The van der Waals surface area contributed by atoms with Gasteiger partial charge >= 0.3 is 0 Å². The summed E-state index contributed by atoms with van der Waals surface area (Å²) in [6.45, 7) is 0. The molecule has 0 aromatic heterocycles. The average molecular weight is 249 g/mol. The van der Waals surface area contributed by atoms with Crippen molar-refractivity contribution in [1.29, 1.82) is 0 Å². The van der Waals surface area contributed by atoms with Crippen molar-refractivity contribution in [3.05, 3.63) is 59.7 Å². The Bertz CT molecular complexity index is 599. The van der Waals surface area contributed by atoms with Crippen molar-refractivity contribution in [1.82, 2.24) is 0 Å². The minimum Gasteiger partial charge on any atom is -0.507 e. The summed E-state index contributed by atoms with van der Waals surface area (Å²) in [5, 5.41) is 11.6. The van der Waals surface area contributed by atoms with Crippen molar-refractivity contribution in [3.8, 4) is 5.75 Å². The van der Waals surface area contributed by atoms with Crippen molar-refractivity contribution in [2.45, 2.75) is 0 Å². The van der Waals surface area contributed by atoms with Crippen molar-refractivity contribution >= 4 is 11.6 Å². The number of benzene rings is 2. The molecule has 0 heterocycles. The smallest absolute Gasteiger partial charge is 0.259 e. The number of amides is 1. The number of rotatable bonds is 2. The second kappa shape index (κ2) is 4.83. The van der Waals surface area contributed by atoms with E-state index in [1.54, 1.807) is 12.1 Å². The molecule has 2 N–H and O–H groups in total. The molecule has 1 amide bonds. The zero-order valence-corrected chi connectivity index (χ0v) is 9.15. The summed E-state index contributed by atoms with van der Waals surface area (Å²) < 4.78 is 26.2. The van der Waals surface area contributed by atoms with Crippen LogP contribution in [0.1, 0.15) is 10.4 Å². The van der Waals surface area contributed by atoms with Crippen LogP contribution in [-0.2, 0) is 0 Å². The van der Waals surface area contributed by atoms with Gasteiger partial charge in [0.2, 0.25) is 0 Å². The number of anilines is 1. The zero-order chi connectivity index (χ0) is 13.1. The number of para-hydroxylation sites is 1. The lowest BCUT2D eigenvalue weighted by Gasteiger charge is -2.07. The first-order chi connectivity index (χ1) is 8.58. The number of carbonyl (C=O) groups excluding carboxylic acids is 1. The summed E-state index contributed by atoms with van der Waals surface area (Å²) in [5.41, 5.74) is -0.288. The van der Waals surface area contributed by atoms with E-state index < -0.39 is 17.5 Å². The molecule has 0 saturated carbocycles. The van der Waals surface area contributed by atoms with Crippen molar-refractivity contribution < 1.29 is 18.7 Å². The Balaban J connectivity index is 2.27. The fourth-order valence-corrected chi connectivity index (χ4v) is 1.45. The van der Waals surface area contributed by atoms with Crippen LogP contribution in [-0.4, -0.2) is 11.0 Å². The number of aromatic hydroxyl groups is 1. The van der Waals surface area contributed by atoms with Gasteiger partial charge in [-0.25, -0.2) is 8.78 Å². The molecule has 0 aliphatic heterocycles. The molecule has 2 aromatic carbocycles. The van der Waals surface area contributed by atoms with Gasteiger partial charge in [-0.3, -0.25) is 4.79 Å². The van der Waals surface area contributed by atoms with Crippen LogP contribution >= 0.6 is 0 Å². The van der Waals surface area contributed by atoms with E-state index in [1.807, 2.05) is 0 Å². The first-order valence-electron chi connectivity index (χ1n) is 5.12.